The fourth-order valence-electron chi connectivity index (χ4n) is 3.98. The van der Waals surface area contributed by atoms with Gasteiger partial charge in [0.1, 0.15) is 0 Å². The summed E-state index contributed by atoms with van der Waals surface area (Å²) in [5, 5.41) is 1.42. The van der Waals surface area contributed by atoms with Crippen LogP contribution in [0.5, 0.6) is 0 Å². The van der Waals surface area contributed by atoms with Gasteiger partial charge in [-0.3, -0.25) is 0 Å². The first kappa shape index (κ1) is 16.7. The zero-order valence-corrected chi connectivity index (χ0v) is 17.1. The average molecular weight is 360 g/mol. The molecule has 1 heterocycles. The number of hydrogen-bond acceptors (Lipinski definition) is 3. The van der Waals surface area contributed by atoms with E-state index in [1.54, 1.807) is 0 Å². The number of rotatable bonds is 3. The van der Waals surface area contributed by atoms with Crippen molar-refractivity contribution in [3.63, 3.8) is 0 Å². The zero-order valence-electron chi connectivity index (χ0n) is 15.1. The van der Waals surface area contributed by atoms with Gasteiger partial charge in [-0.1, -0.05) is 41.6 Å². The van der Waals surface area contributed by atoms with E-state index in [1.807, 2.05) is 24.3 Å². The molecule has 0 bridgehead atoms. The molecule has 0 aliphatic carbocycles. The maximum Gasteiger partial charge on any atom is 0.0549 e. The van der Waals surface area contributed by atoms with Gasteiger partial charge in [0.25, 0.3) is 0 Å². The third-order valence-electron chi connectivity index (χ3n) is 5.36. The largest absolute Gasteiger partial charge is 0.399 e. The lowest BCUT2D eigenvalue weighted by molar-refractivity contribution is 0.675. The highest BCUT2D eigenvalue weighted by molar-refractivity contribution is 6.32. The van der Waals surface area contributed by atoms with Gasteiger partial charge in [0, 0.05) is 27.3 Å². The molecule has 2 unspecified atom stereocenters. The van der Waals surface area contributed by atoms with Gasteiger partial charge >= 0.3 is 0 Å². The van der Waals surface area contributed by atoms with Crippen molar-refractivity contribution < 1.29 is 0 Å². The first-order valence-electron chi connectivity index (χ1n) is 9.18. The molecule has 4 heteroatoms. The first-order chi connectivity index (χ1) is 12.6. The number of hydrogen-bond donors (Lipinski definition) is 2. The van der Waals surface area contributed by atoms with Gasteiger partial charge in [0.2, 0.25) is 0 Å². The lowest BCUT2D eigenvalue weighted by atomic mass is 10.0. The molecule has 0 saturated carbocycles. The Balaban J connectivity index is 1.75. The molecule has 0 aromatic heterocycles. The molecule has 4 rings (SSSR count). The van der Waals surface area contributed by atoms with Gasteiger partial charge < -0.3 is 16.4 Å². The van der Waals surface area contributed by atoms with Crippen LogP contribution in [0.1, 0.15) is 36.1 Å². The molecule has 132 valence electrons. The first-order valence-corrected chi connectivity index (χ1v) is 10.2. The van der Waals surface area contributed by atoms with Crippen molar-refractivity contribution in [2.24, 2.45) is 0 Å². The predicted octanol–water partition coefficient (Wildman–Crippen LogP) is 2.92. The fourth-order valence-corrected chi connectivity index (χ4v) is 4.31. The third-order valence-corrected chi connectivity index (χ3v) is 6.03. The van der Waals surface area contributed by atoms with Crippen molar-refractivity contribution >= 4 is 32.5 Å². The highest BCUT2D eigenvalue weighted by Gasteiger charge is 2.35. The molecule has 26 heavy (non-hydrogen) atoms. The van der Waals surface area contributed by atoms with Crippen LogP contribution in [-0.4, -0.2) is 10.2 Å². The normalized spacial score (nSPS) is 19.8. The van der Waals surface area contributed by atoms with Gasteiger partial charge in [-0.15, -0.1) is 0 Å². The summed E-state index contributed by atoms with van der Waals surface area (Å²) in [6, 6.07) is 26.4. The number of nitrogens with two attached hydrogens (primary N) is 2. The zero-order chi connectivity index (χ0) is 18.1. The van der Waals surface area contributed by atoms with E-state index in [4.69, 9.17) is 11.5 Å². The third kappa shape index (κ3) is 3.20. The molecular weight excluding hydrogens is 334 g/mol. The van der Waals surface area contributed by atoms with Crippen LogP contribution in [0.2, 0.25) is 0 Å². The second-order valence-corrected chi connectivity index (χ2v) is 8.34. The van der Waals surface area contributed by atoms with E-state index in [2.05, 4.69) is 53.4 Å². The average Bonchev–Trinajstić information content (AvgIpc) is 3.08. The molecule has 3 nitrogen and oxygen atoms in total. The molecule has 0 radical (unpaired) electrons. The summed E-state index contributed by atoms with van der Waals surface area (Å²) in [7, 11) is 1.08. The topological polar surface area (TPSA) is 55.3 Å². The maximum atomic E-state index is 5.90. The Bertz CT molecular complexity index is 819. The summed E-state index contributed by atoms with van der Waals surface area (Å²) in [5.41, 5.74) is 17.4. The highest BCUT2D eigenvalue weighted by Crippen LogP contribution is 2.46. The van der Waals surface area contributed by atoms with Crippen molar-refractivity contribution in [2.75, 3.05) is 16.4 Å². The van der Waals surface area contributed by atoms with Crippen LogP contribution in [0.25, 0.3) is 0 Å². The number of nitrogens with zero attached hydrogens (tertiary/aromatic N) is 1. The summed E-state index contributed by atoms with van der Waals surface area (Å²) in [5.74, 6) is 0. The Kier molecular flexibility index (Phi) is 4.43. The quantitative estimate of drug-likeness (QED) is 0.558. The van der Waals surface area contributed by atoms with E-state index in [0.717, 1.165) is 34.5 Å². The van der Waals surface area contributed by atoms with Gasteiger partial charge in [-0.2, -0.15) is 0 Å². The van der Waals surface area contributed by atoms with E-state index in [0.29, 0.717) is 12.1 Å². The minimum atomic E-state index is 0.359. The van der Waals surface area contributed by atoms with E-state index < -0.39 is 0 Å². The lowest BCUT2D eigenvalue weighted by Crippen LogP contribution is -2.26. The Morgan fingerprint density at radius 3 is 1.50 bits per heavy atom. The molecule has 1 saturated heterocycles. The van der Waals surface area contributed by atoms with Crippen molar-refractivity contribution in [1.82, 2.24) is 0 Å². The molecular formula is C22H25N3Si. The Hall–Kier alpha value is -2.72. The lowest BCUT2D eigenvalue weighted by Gasteiger charge is -2.33. The molecule has 2 atom stereocenters. The van der Waals surface area contributed by atoms with E-state index >= 15 is 0 Å². The molecule has 1 aliphatic rings. The fraction of sp³-hybridized carbons (Fsp3) is 0.182. The molecule has 0 spiro atoms. The van der Waals surface area contributed by atoms with Crippen LogP contribution in [0, 0.1) is 0 Å². The van der Waals surface area contributed by atoms with E-state index in [-0.39, 0.29) is 0 Å². The predicted molar refractivity (Wildman–Crippen MR) is 115 cm³/mol. The van der Waals surface area contributed by atoms with Crippen LogP contribution >= 0.6 is 0 Å². The van der Waals surface area contributed by atoms with Gasteiger partial charge in [0.15, 0.2) is 0 Å². The Morgan fingerprint density at radius 1 is 0.654 bits per heavy atom. The molecule has 0 amide bonds. The number of benzene rings is 3. The van der Waals surface area contributed by atoms with Gasteiger partial charge in [-0.05, 0) is 60.4 Å². The summed E-state index contributed by atoms with van der Waals surface area (Å²) < 4.78 is 0. The molecule has 1 aliphatic heterocycles. The van der Waals surface area contributed by atoms with Crippen molar-refractivity contribution in [2.45, 2.75) is 24.9 Å². The minimum Gasteiger partial charge on any atom is -0.399 e. The maximum absolute atomic E-state index is 5.90. The van der Waals surface area contributed by atoms with Crippen LogP contribution in [0.3, 0.4) is 0 Å². The molecule has 4 N–H and O–H groups in total. The highest BCUT2D eigenvalue weighted by atomic mass is 28.1. The SMILES string of the molecule is Nc1ccc(C2CCC(c3ccc(N)cc3)N2c2ccc([SiH3])cc2)cc1. The summed E-state index contributed by atoms with van der Waals surface area (Å²) in [6.45, 7) is 0. The summed E-state index contributed by atoms with van der Waals surface area (Å²) >= 11 is 0. The smallest absolute Gasteiger partial charge is 0.0549 e. The Morgan fingerprint density at radius 2 is 1.08 bits per heavy atom. The second kappa shape index (κ2) is 6.88. The van der Waals surface area contributed by atoms with Crippen LogP contribution in [0.15, 0.2) is 72.8 Å². The number of anilines is 3. The van der Waals surface area contributed by atoms with Crippen LogP contribution in [-0.2, 0) is 0 Å². The van der Waals surface area contributed by atoms with Crippen LogP contribution in [0.4, 0.5) is 17.1 Å². The standard InChI is InChI=1S/C22H25N3Si/c23-17-5-1-15(2-6-17)21-13-14-22(16-3-7-18(24)8-4-16)25(21)19-9-11-20(26)12-10-19/h1-12,21-22H,13-14,23-24H2,26H3. The van der Waals surface area contributed by atoms with Gasteiger partial charge in [0.05, 0.1) is 12.1 Å². The molecule has 3 aromatic rings. The number of nitrogen functional groups attached to an aromatic ring is 2. The van der Waals surface area contributed by atoms with Crippen LogP contribution < -0.4 is 21.6 Å². The van der Waals surface area contributed by atoms with Gasteiger partial charge in [-0.25, -0.2) is 0 Å². The Labute approximate surface area is 158 Å². The monoisotopic (exact) mass is 359 g/mol. The van der Waals surface area contributed by atoms with E-state index in [1.165, 1.54) is 22.0 Å². The van der Waals surface area contributed by atoms with E-state index in [9.17, 15) is 0 Å². The summed E-state index contributed by atoms with van der Waals surface area (Å²) in [6.07, 6.45) is 2.25. The molecule has 3 aromatic carbocycles. The van der Waals surface area contributed by atoms with Crippen molar-refractivity contribution in [1.29, 1.82) is 0 Å². The second-order valence-electron chi connectivity index (χ2n) is 7.19. The van der Waals surface area contributed by atoms with Crippen molar-refractivity contribution in [3.8, 4) is 0 Å². The molecule has 1 fully saturated rings. The van der Waals surface area contributed by atoms with Crippen molar-refractivity contribution in [3.05, 3.63) is 83.9 Å². The summed E-state index contributed by atoms with van der Waals surface area (Å²) in [4.78, 5) is 2.57. The minimum absolute atomic E-state index is 0.359.